The quantitative estimate of drug-likeness (QED) is 0.0409. The molecule has 23 heteroatoms. The average Bonchev–Trinajstić information content (AvgIpc) is 0.914. The van der Waals surface area contributed by atoms with Crippen LogP contribution in [0.1, 0.15) is 72.5 Å². The van der Waals surface area contributed by atoms with Gasteiger partial charge in [-0.1, -0.05) is 150 Å². The normalized spacial score (nSPS) is 20.8. The molecule has 2 saturated heterocycles. The Morgan fingerprint density at radius 2 is 0.772 bits per heavy atom. The van der Waals surface area contributed by atoms with Crippen LogP contribution >= 0.6 is 35.2 Å². The molecular formula is C69H54ClN3O17S2. The van der Waals surface area contributed by atoms with Crippen molar-refractivity contribution in [3.63, 3.8) is 0 Å². The number of benzene rings is 8. The van der Waals surface area contributed by atoms with Gasteiger partial charge in [-0.05, 0) is 115 Å². The number of hydrogen-bond donors (Lipinski definition) is 2. The summed E-state index contributed by atoms with van der Waals surface area (Å²) < 4.78 is 65.4. The van der Waals surface area contributed by atoms with Crippen LogP contribution in [0, 0.1) is 0 Å². The molecule has 0 aliphatic carbocycles. The maximum atomic E-state index is 14.9. The predicted octanol–water partition coefficient (Wildman–Crippen LogP) is 10.9. The number of esters is 7. The number of anilines is 1. The molecule has 92 heavy (non-hydrogen) atoms. The number of rotatable bonds is 20. The number of hydrogen-bond acceptors (Lipinski definition) is 20. The van der Waals surface area contributed by atoms with E-state index >= 15 is 0 Å². The largest absolute Gasteiger partial charge is 0.459 e. The highest BCUT2D eigenvalue weighted by molar-refractivity contribution is 7.80. The van der Waals surface area contributed by atoms with E-state index in [0.717, 1.165) is 0 Å². The van der Waals surface area contributed by atoms with Gasteiger partial charge in [0.15, 0.2) is 53.3 Å². The van der Waals surface area contributed by atoms with Crippen LogP contribution in [0.5, 0.6) is 0 Å². The van der Waals surface area contributed by atoms with Gasteiger partial charge in [0.1, 0.15) is 31.5 Å². The van der Waals surface area contributed by atoms with Crippen molar-refractivity contribution in [1.82, 2.24) is 10.3 Å². The zero-order chi connectivity index (χ0) is 63.9. The first-order chi connectivity index (χ1) is 44.8. The molecule has 3 heterocycles. The second-order valence-corrected chi connectivity index (χ2v) is 22.5. The fourth-order valence-electron chi connectivity index (χ4n) is 9.95. The Hall–Kier alpha value is -10.2. The van der Waals surface area contributed by atoms with Gasteiger partial charge in [-0.3, -0.25) is 0 Å². The molecule has 0 bridgehead atoms. The van der Waals surface area contributed by atoms with E-state index in [1.165, 1.54) is 96.3 Å². The summed E-state index contributed by atoms with van der Waals surface area (Å²) >= 11 is 13.4. The molecule has 20 nitrogen and oxygen atoms in total. The summed E-state index contributed by atoms with van der Waals surface area (Å²) in [6.07, 6.45) is -18.5. The number of halogens is 1. The van der Waals surface area contributed by atoms with Crippen LogP contribution in [0.4, 0.5) is 5.13 Å². The monoisotopic (exact) mass is 1300 g/mol. The molecule has 2 aliphatic heterocycles. The van der Waals surface area contributed by atoms with Crippen LogP contribution < -0.4 is 10.6 Å². The van der Waals surface area contributed by atoms with Gasteiger partial charge >= 0.3 is 41.8 Å². The Labute approximate surface area is 540 Å². The molecular weight excluding hydrogens is 1240 g/mol. The molecule has 0 spiro atoms. The molecule has 2 fully saturated rings. The number of nitrogens with zero attached hydrogens (tertiary/aromatic N) is 1. The molecule has 0 saturated carbocycles. The predicted molar refractivity (Wildman–Crippen MR) is 338 cm³/mol. The van der Waals surface area contributed by atoms with Crippen molar-refractivity contribution in [2.75, 3.05) is 18.5 Å². The Bertz CT molecular complexity index is 4050. The lowest BCUT2D eigenvalue weighted by Gasteiger charge is -2.49. The fourth-order valence-corrected chi connectivity index (χ4v) is 11.4. The molecule has 8 aromatic carbocycles. The van der Waals surface area contributed by atoms with E-state index in [4.69, 9.17) is 71.2 Å². The Balaban J connectivity index is 1.06. The molecule has 2 aliphatic rings. The van der Waals surface area contributed by atoms with E-state index in [-0.39, 0.29) is 44.1 Å². The standard InChI is InChI=1S/C69H54ClN3O17S2/c70-48-36-37-49-52(38-48)92-69(71-49)73-68(91)72-59-57(88-65(79)46-32-18-6-19-33-46)55(86-63(77)44-28-14-4-15-29-44)54(50(83-59)39-81-60(74)41-22-8-1-9-23-41)90-67-58(89-66(80)47-34-20-7-21-35-47)56(87-64(78)45-30-16-5-17-31-45)53(85-62(76)43-26-12-3-13-27-43)51(84-67)40-82-61(75)42-24-10-2-11-25-42/h1-38,50-51,53-59,67H,39-40H2,(H2,71,72,73,91)/t50-,51-,53-,54-,55+,56+,57-,58-,59-,67-/m1/s1. The minimum Gasteiger partial charge on any atom is -0.459 e. The lowest BCUT2D eigenvalue weighted by atomic mass is 9.95. The summed E-state index contributed by atoms with van der Waals surface area (Å²) in [7, 11) is 0. The number of nitrogens with one attached hydrogen (secondary N) is 2. The van der Waals surface area contributed by atoms with Gasteiger partial charge in [-0.15, -0.1) is 0 Å². The van der Waals surface area contributed by atoms with E-state index < -0.39 is 116 Å². The Kier molecular flexibility index (Phi) is 20.7. The van der Waals surface area contributed by atoms with E-state index in [0.29, 0.717) is 20.4 Å². The molecule has 9 aromatic rings. The topological polar surface area (TPSA) is 249 Å². The van der Waals surface area contributed by atoms with Crippen LogP contribution in [0.15, 0.2) is 231 Å². The number of ether oxygens (including phenoxy) is 10. The van der Waals surface area contributed by atoms with Crippen molar-refractivity contribution in [2.45, 2.75) is 61.3 Å². The van der Waals surface area contributed by atoms with Crippen LogP contribution in [-0.4, -0.2) is 126 Å². The zero-order valence-electron chi connectivity index (χ0n) is 48.2. The van der Waals surface area contributed by atoms with Gasteiger partial charge < -0.3 is 58.0 Å². The maximum Gasteiger partial charge on any atom is 0.338 e. The number of fused-ring (bicyclic) bond motifs is 1. The minimum absolute atomic E-state index is 0.000189. The van der Waals surface area contributed by atoms with E-state index in [9.17, 15) is 33.6 Å². The van der Waals surface area contributed by atoms with Crippen LogP contribution in [-0.2, 0) is 47.4 Å². The third-order valence-electron chi connectivity index (χ3n) is 14.4. The second kappa shape index (κ2) is 30.1. The summed E-state index contributed by atoms with van der Waals surface area (Å²) in [4.78, 5) is 106. The zero-order valence-corrected chi connectivity index (χ0v) is 50.6. The van der Waals surface area contributed by atoms with Gasteiger partial charge in [0.2, 0.25) is 0 Å². The highest BCUT2D eigenvalue weighted by Gasteiger charge is 2.58. The summed E-state index contributed by atoms with van der Waals surface area (Å²) in [5.41, 5.74) is 0.897. The smallest absolute Gasteiger partial charge is 0.338 e. The Morgan fingerprint density at radius 3 is 1.18 bits per heavy atom. The lowest BCUT2D eigenvalue weighted by molar-refractivity contribution is -0.339. The highest BCUT2D eigenvalue weighted by Crippen LogP contribution is 2.37. The summed E-state index contributed by atoms with van der Waals surface area (Å²) in [5, 5.41) is 6.71. The van der Waals surface area contributed by atoms with Gasteiger partial charge in [0, 0.05) is 5.02 Å². The molecule has 0 amide bonds. The summed E-state index contributed by atoms with van der Waals surface area (Å²) in [6.45, 7) is -1.50. The van der Waals surface area contributed by atoms with Crippen molar-refractivity contribution in [3.05, 3.63) is 274 Å². The number of thiocarbonyl (C=S) groups is 1. The first-order valence-corrected chi connectivity index (χ1v) is 30.3. The third kappa shape index (κ3) is 15.9. The first-order valence-electron chi connectivity index (χ1n) is 28.7. The van der Waals surface area contributed by atoms with Crippen molar-refractivity contribution in [2.24, 2.45) is 0 Å². The molecule has 10 atom stereocenters. The third-order valence-corrected chi connectivity index (χ3v) is 15.8. The van der Waals surface area contributed by atoms with Crippen molar-refractivity contribution in [1.29, 1.82) is 0 Å². The van der Waals surface area contributed by atoms with Gasteiger partial charge in [0.05, 0.1) is 49.2 Å². The fraction of sp³-hybridized carbons (Fsp3) is 0.174. The van der Waals surface area contributed by atoms with Crippen molar-refractivity contribution < 1.29 is 80.9 Å². The molecule has 11 rings (SSSR count). The Morgan fingerprint density at radius 1 is 0.424 bits per heavy atom. The van der Waals surface area contributed by atoms with Crippen LogP contribution in [0.25, 0.3) is 10.2 Å². The SMILES string of the molecule is O=C(OC[C@H]1O[C@@H](NC(=S)Nc2nc3ccc(Cl)cc3s2)[C@H](OC(=O)c2ccccc2)[C@@H](OC(=O)c2ccccc2)[C@@H]1O[C@H]1O[C@H](COC(=O)c2ccccc2)[C@@H](OC(=O)c2ccccc2)[C@H](OC(=O)c2ccccc2)[C@H]1OC(=O)c1ccccc1)c1ccccc1. The van der Waals surface area contributed by atoms with Gasteiger partial charge in [0.25, 0.3) is 0 Å². The van der Waals surface area contributed by atoms with E-state index in [1.807, 2.05) is 0 Å². The second-order valence-electron chi connectivity index (χ2n) is 20.6. The maximum absolute atomic E-state index is 14.9. The van der Waals surface area contributed by atoms with Crippen molar-refractivity contribution >= 4 is 97.4 Å². The number of thiazole rings is 1. The highest BCUT2D eigenvalue weighted by atomic mass is 35.5. The summed E-state index contributed by atoms with van der Waals surface area (Å²) in [5.74, 6) is -6.67. The molecule has 2 N–H and O–H groups in total. The molecule has 1 aromatic heterocycles. The van der Waals surface area contributed by atoms with Crippen LogP contribution in [0.2, 0.25) is 5.02 Å². The van der Waals surface area contributed by atoms with Crippen LogP contribution in [0.3, 0.4) is 0 Å². The van der Waals surface area contributed by atoms with Gasteiger partial charge in [-0.2, -0.15) is 0 Å². The molecule has 0 unspecified atom stereocenters. The van der Waals surface area contributed by atoms with E-state index in [1.54, 1.807) is 146 Å². The first kappa shape index (κ1) is 63.4. The molecule has 0 radical (unpaired) electrons. The number of carbonyl (C=O) groups is 7. The number of aromatic nitrogens is 1. The molecule has 466 valence electrons. The van der Waals surface area contributed by atoms with E-state index in [2.05, 4.69) is 15.6 Å². The van der Waals surface area contributed by atoms with Crippen molar-refractivity contribution in [3.8, 4) is 0 Å². The lowest BCUT2D eigenvalue weighted by Crippen LogP contribution is -2.69. The van der Waals surface area contributed by atoms with Gasteiger partial charge in [-0.25, -0.2) is 38.5 Å². The summed E-state index contributed by atoms with van der Waals surface area (Å²) in [6, 6.07) is 59.8. The number of carbonyl (C=O) groups excluding carboxylic acids is 7. The minimum atomic E-state index is -2.10. The average molecular weight is 1300 g/mol.